The molecule has 150 valence electrons. The molecule has 1 aliphatic carbocycles. The van der Waals surface area contributed by atoms with Gasteiger partial charge in [0.05, 0.1) is 5.69 Å². The molecule has 0 aromatic carbocycles. The lowest BCUT2D eigenvalue weighted by atomic mass is 10.2. The highest BCUT2D eigenvalue weighted by molar-refractivity contribution is 5.92. The van der Waals surface area contributed by atoms with Gasteiger partial charge in [0, 0.05) is 43.9 Å². The fraction of sp³-hybridized carbons (Fsp3) is 0.450. The molecule has 0 spiro atoms. The van der Waals surface area contributed by atoms with Crippen LogP contribution in [-0.4, -0.2) is 62.1 Å². The topological polar surface area (TPSA) is 93.2 Å². The number of anilines is 1. The van der Waals surface area contributed by atoms with E-state index in [2.05, 4.69) is 25.4 Å². The zero-order chi connectivity index (χ0) is 20.0. The number of hydrogen-bond acceptors (Lipinski definition) is 7. The quantitative estimate of drug-likeness (QED) is 0.670. The first-order chi connectivity index (χ1) is 14.1. The molecule has 29 heavy (non-hydrogen) atoms. The lowest BCUT2D eigenvalue weighted by Gasteiger charge is -2.34. The van der Waals surface area contributed by atoms with Crippen LogP contribution in [0.1, 0.15) is 46.4 Å². The van der Waals surface area contributed by atoms with E-state index in [1.807, 2.05) is 36.9 Å². The summed E-state index contributed by atoms with van der Waals surface area (Å²) in [6.07, 6.45) is 2.25. The Balaban J connectivity index is 1.22. The molecule has 4 heterocycles. The van der Waals surface area contributed by atoms with Crippen LogP contribution in [-0.2, 0) is 0 Å². The third kappa shape index (κ3) is 3.48. The number of aryl methyl sites for hydroxylation is 2. The molecule has 0 bridgehead atoms. The van der Waals surface area contributed by atoms with Gasteiger partial charge in [-0.1, -0.05) is 5.16 Å². The second-order valence-corrected chi connectivity index (χ2v) is 7.76. The summed E-state index contributed by atoms with van der Waals surface area (Å²) in [7, 11) is 0. The smallest absolute Gasteiger partial charge is 0.276 e. The van der Waals surface area contributed by atoms with Crippen LogP contribution in [0.5, 0.6) is 0 Å². The van der Waals surface area contributed by atoms with Gasteiger partial charge < -0.3 is 14.3 Å². The molecule has 0 atom stereocenters. The minimum Gasteiger partial charge on any atom is -0.360 e. The van der Waals surface area contributed by atoms with Crippen molar-refractivity contribution in [1.82, 2.24) is 30.0 Å². The maximum atomic E-state index is 12.7. The van der Waals surface area contributed by atoms with Crippen molar-refractivity contribution in [2.24, 2.45) is 0 Å². The molecule has 9 heteroatoms. The van der Waals surface area contributed by atoms with Gasteiger partial charge in [0.25, 0.3) is 5.91 Å². The van der Waals surface area contributed by atoms with Gasteiger partial charge in [0.2, 0.25) is 0 Å². The van der Waals surface area contributed by atoms with Crippen molar-refractivity contribution in [2.75, 3.05) is 31.1 Å². The SMILES string of the molecule is Cc1cc(C)n(-c2ccc(N3CCN(C(=O)c4cc(C5CC5)on4)CC3)nn2)n1. The van der Waals surface area contributed by atoms with Crippen LogP contribution in [0.3, 0.4) is 0 Å². The number of carbonyl (C=O) groups is 1. The monoisotopic (exact) mass is 393 g/mol. The standard InChI is InChI=1S/C20H23N7O2/c1-13-11-14(2)27(23-13)19-6-5-18(21-22-19)25-7-9-26(10-8-25)20(28)16-12-17(29-24-16)15-3-4-15/h5-6,11-12,15H,3-4,7-10H2,1-2H3. The predicted octanol–water partition coefficient (Wildman–Crippen LogP) is 2.11. The Morgan fingerprint density at radius 1 is 1.03 bits per heavy atom. The van der Waals surface area contributed by atoms with Crippen LogP contribution in [0.25, 0.3) is 5.82 Å². The first kappa shape index (κ1) is 17.8. The van der Waals surface area contributed by atoms with E-state index in [1.165, 1.54) is 0 Å². The van der Waals surface area contributed by atoms with E-state index >= 15 is 0 Å². The highest BCUT2D eigenvalue weighted by Crippen LogP contribution is 2.40. The summed E-state index contributed by atoms with van der Waals surface area (Å²) >= 11 is 0. The van der Waals surface area contributed by atoms with Gasteiger partial charge in [-0.15, -0.1) is 10.2 Å². The minimum atomic E-state index is -0.0636. The Morgan fingerprint density at radius 2 is 1.76 bits per heavy atom. The summed E-state index contributed by atoms with van der Waals surface area (Å²) in [5.41, 5.74) is 2.38. The van der Waals surface area contributed by atoms with E-state index in [0.717, 1.165) is 35.8 Å². The molecule has 0 N–H and O–H groups in total. The molecule has 2 fully saturated rings. The Labute approximate surface area is 168 Å². The van der Waals surface area contributed by atoms with Crippen molar-refractivity contribution in [3.63, 3.8) is 0 Å². The molecular formula is C20H23N7O2. The zero-order valence-corrected chi connectivity index (χ0v) is 16.6. The second-order valence-electron chi connectivity index (χ2n) is 7.76. The number of amides is 1. The highest BCUT2D eigenvalue weighted by Gasteiger charge is 2.30. The van der Waals surface area contributed by atoms with Gasteiger partial charge in [-0.05, 0) is 44.9 Å². The fourth-order valence-corrected chi connectivity index (χ4v) is 3.71. The molecule has 3 aromatic rings. The van der Waals surface area contributed by atoms with E-state index in [0.29, 0.717) is 43.6 Å². The van der Waals surface area contributed by atoms with E-state index < -0.39 is 0 Å². The number of rotatable bonds is 4. The molecule has 1 amide bonds. The first-order valence-corrected chi connectivity index (χ1v) is 9.97. The van der Waals surface area contributed by atoms with Crippen LogP contribution in [0.2, 0.25) is 0 Å². The maximum absolute atomic E-state index is 12.7. The van der Waals surface area contributed by atoms with E-state index in [4.69, 9.17) is 4.52 Å². The number of piperazine rings is 1. The third-order valence-corrected chi connectivity index (χ3v) is 5.48. The molecular weight excluding hydrogens is 370 g/mol. The number of nitrogens with zero attached hydrogens (tertiary/aromatic N) is 7. The molecule has 9 nitrogen and oxygen atoms in total. The van der Waals surface area contributed by atoms with Gasteiger partial charge in [-0.2, -0.15) is 5.10 Å². The van der Waals surface area contributed by atoms with Crippen LogP contribution >= 0.6 is 0 Å². The van der Waals surface area contributed by atoms with E-state index in [1.54, 1.807) is 10.7 Å². The van der Waals surface area contributed by atoms with Crippen molar-refractivity contribution in [2.45, 2.75) is 32.6 Å². The van der Waals surface area contributed by atoms with Gasteiger partial charge in [0.1, 0.15) is 5.76 Å². The Bertz CT molecular complexity index is 1030. The van der Waals surface area contributed by atoms with Crippen LogP contribution in [0, 0.1) is 13.8 Å². The first-order valence-electron chi connectivity index (χ1n) is 9.97. The molecule has 3 aromatic heterocycles. The van der Waals surface area contributed by atoms with E-state index in [-0.39, 0.29) is 5.91 Å². The summed E-state index contributed by atoms with van der Waals surface area (Å²) in [6.45, 7) is 6.59. The van der Waals surface area contributed by atoms with Crippen molar-refractivity contribution < 1.29 is 9.32 Å². The van der Waals surface area contributed by atoms with Gasteiger partial charge in [0.15, 0.2) is 17.3 Å². The molecule has 2 aliphatic rings. The molecule has 1 saturated carbocycles. The lowest BCUT2D eigenvalue weighted by molar-refractivity contribution is 0.0736. The average molecular weight is 393 g/mol. The van der Waals surface area contributed by atoms with Crippen molar-refractivity contribution in [3.05, 3.63) is 47.1 Å². The van der Waals surface area contributed by atoms with E-state index in [9.17, 15) is 4.79 Å². The Morgan fingerprint density at radius 3 is 2.38 bits per heavy atom. The number of hydrogen-bond donors (Lipinski definition) is 0. The van der Waals surface area contributed by atoms with Crippen LogP contribution in [0.15, 0.2) is 28.8 Å². The Hall–Kier alpha value is -3.23. The third-order valence-electron chi connectivity index (χ3n) is 5.48. The highest BCUT2D eigenvalue weighted by atomic mass is 16.5. The molecule has 5 rings (SSSR count). The molecule has 0 unspecified atom stereocenters. The summed E-state index contributed by atoms with van der Waals surface area (Å²) in [6, 6.07) is 7.69. The van der Waals surface area contributed by atoms with Crippen LogP contribution < -0.4 is 4.90 Å². The average Bonchev–Trinajstić information content (AvgIpc) is 3.37. The molecule has 1 saturated heterocycles. The molecule has 1 aliphatic heterocycles. The number of aromatic nitrogens is 5. The zero-order valence-electron chi connectivity index (χ0n) is 16.6. The number of carbonyl (C=O) groups excluding carboxylic acids is 1. The predicted molar refractivity (Wildman–Crippen MR) is 105 cm³/mol. The van der Waals surface area contributed by atoms with Gasteiger partial charge >= 0.3 is 0 Å². The summed E-state index contributed by atoms with van der Waals surface area (Å²) in [5, 5.41) is 17.1. The minimum absolute atomic E-state index is 0.0636. The largest absolute Gasteiger partial charge is 0.360 e. The Kier molecular flexibility index (Phi) is 4.30. The fourth-order valence-electron chi connectivity index (χ4n) is 3.71. The summed E-state index contributed by atoms with van der Waals surface area (Å²) in [4.78, 5) is 16.6. The summed E-state index contributed by atoms with van der Waals surface area (Å²) in [5.74, 6) is 2.73. The maximum Gasteiger partial charge on any atom is 0.276 e. The van der Waals surface area contributed by atoms with Crippen molar-refractivity contribution >= 4 is 11.7 Å². The second kappa shape index (κ2) is 6.98. The van der Waals surface area contributed by atoms with Crippen molar-refractivity contribution in [1.29, 1.82) is 0 Å². The van der Waals surface area contributed by atoms with Gasteiger partial charge in [-0.3, -0.25) is 4.79 Å². The normalized spacial score (nSPS) is 17.0. The van der Waals surface area contributed by atoms with Gasteiger partial charge in [-0.25, -0.2) is 4.68 Å². The molecule has 0 radical (unpaired) electrons. The van der Waals surface area contributed by atoms with Crippen molar-refractivity contribution in [3.8, 4) is 5.82 Å². The lowest BCUT2D eigenvalue weighted by Crippen LogP contribution is -2.49. The summed E-state index contributed by atoms with van der Waals surface area (Å²) < 4.78 is 7.10. The van der Waals surface area contributed by atoms with Crippen LogP contribution in [0.4, 0.5) is 5.82 Å².